The van der Waals surface area contributed by atoms with Gasteiger partial charge < -0.3 is 4.74 Å². The zero-order valence-electron chi connectivity index (χ0n) is 10.5. The van der Waals surface area contributed by atoms with E-state index < -0.39 is 48.3 Å². The van der Waals surface area contributed by atoms with Gasteiger partial charge >= 0.3 is 6.18 Å². The quantitative estimate of drug-likeness (QED) is 0.670. The van der Waals surface area contributed by atoms with Crippen LogP contribution in [0, 0.1) is 11.6 Å². The maximum atomic E-state index is 13.7. The molecule has 1 aliphatic rings. The molecule has 0 saturated carbocycles. The summed E-state index contributed by atoms with van der Waals surface area (Å²) in [6.45, 7) is 0. The van der Waals surface area contributed by atoms with E-state index in [2.05, 4.69) is 5.09 Å². The van der Waals surface area contributed by atoms with Crippen molar-refractivity contribution in [2.75, 3.05) is 0 Å². The maximum Gasteiger partial charge on any atom is 0.421 e. The van der Waals surface area contributed by atoms with Crippen molar-refractivity contribution in [3.63, 3.8) is 0 Å². The highest BCUT2D eigenvalue weighted by Crippen LogP contribution is 2.38. The van der Waals surface area contributed by atoms with Crippen LogP contribution in [-0.2, 0) is 9.53 Å². The third-order valence-electron chi connectivity index (χ3n) is 3.14. The lowest BCUT2D eigenvalue weighted by molar-refractivity contribution is -0.239. The summed E-state index contributed by atoms with van der Waals surface area (Å²) in [6.07, 6.45) is -9.47. The van der Waals surface area contributed by atoms with E-state index in [9.17, 15) is 26.7 Å². The van der Waals surface area contributed by atoms with Crippen molar-refractivity contribution >= 4 is 15.2 Å². The molecule has 1 unspecified atom stereocenters. The highest BCUT2D eigenvalue weighted by molar-refractivity contribution is 7.13. The molecule has 1 saturated heterocycles. The second kappa shape index (κ2) is 5.94. The molecule has 9 heteroatoms. The third-order valence-corrected chi connectivity index (χ3v) is 3.57. The van der Waals surface area contributed by atoms with Gasteiger partial charge in [0.05, 0.1) is 0 Å². The van der Waals surface area contributed by atoms with Gasteiger partial charge in [0.15, 0.2) is 5.78 Å². The SMILES string of the molecule is O=C1C[C@H](NP)[C@@H](c2cc(F)ccc2F)O[C@@H]1C(F)(F)F. The van der Waals surface area contributed by atoms with E-state index in [0.717, 1.165) is 18.2 Å². The molecule has 1 aliphatic heterocycles. The first-order valence-corrected chi connectivity index (χ1v) is 6.47. The molecule has 21 heavy (non-hydrogen) atoms. The van der Waals surface area contributed by atoms with Gasteiger partial charge in [0.1, 0.15) is 17.7 Å². The molecule has 3 nitrogen and oxygen atoms in total. The number of ketones is 1. The standard InChI is InChI=1S/C12H11F5NO2P/c13-5-1-2-7(14)6(3-5)10-8(18-21)4-9(19)11(20-10)12(15,16)17/h1-3,8,10-11,18H,4,21H2/t8-,10+,11-/m0/s1. The fourth-order valence-corrected chi connectivity index (χ4v) is 2.47. The maximum absolute atomic E-state index is 13.7. The molecule has 1 heterocycles. The zero-order chi connectivity index (χ0) is 15.8. The molecule has 1 fully saturated rings. The molecule has 116 valence electrons. The first kappa shape index (κ1) is 16.3. The van der Waals surface area contributed by atoms with Gasteiger partial charge in [0, 0.05) is 18.0 Å². The fourth-order valence-electron chi connectivity index (χ4n) is 2.18. The van der Waals surface area contributed by atoms with Crippen LogP contribution in [0.15, 0.2) is 18.2 Å². The number of alkyl halides is 3. The molecular weight excluding hydrogens is 316 g/mol. The summed E-state index contributed by atoms with van der Waals surface area (Å²) in [4.78, 5) is 11.5. The third kappa shape index (κ3) is 3.39. The van der Waals surface area contributed by atoms with Crippen LogP contribution in [0.2, 0.25) is 0 Å². The summed E-state index contributed by atoms with van der Waals surface area (Å²) in [5.74, 6) is -2.87. The number of carbonyl (C=O) groups is 1. The number of ether oxygens (including phenoxy) is 1. The Kier molecular flexibility index (Phi) is 4.60. The van der Waals surface area contributed by atoms with Gasteiger partial charge in [0.25, 0.3) is 0 Å². The molecule has 4 atom stereocenters. The second-order valence-corrected chi connectivity index (χ2v) is 4.92. The van der Waals surface area contributed by atoms with Gasteiger partial charge in [-0.1, -0.05) is 9.39 Å². The topological polar surface area (TPSA) is 38.3 Å². The Morgan fingerprint density at radius 2 is 1.95 bits per heavy atom. The molecule has 0 bridgehead atoms. The Morgan fingerprint density at radius 1 is 1.29 bits per heavy atom. The zero-order valence-corrected chi connectivity index (χ0v) is 11.6. The van der Waals surface area contributed by atoms with Crippen LogP contribution in [0.1, 0.15) is 18.1 Å². The largest absolute Gasteiger partial charge is 0.421 e. The first-order valence-electron chi connectivity index (χ1n) is 5.90. The highest BCUT2D eigenvalue weighted by atomic mass is 31.0. The van der Waals surface area contributed by atoms with Crippen molar-refractivity contribution < 1.29 is 31.5 Å². The molecular formula is C12H11F5NO2P. The Morgan fingerprint density at radius 3 is 2.52 bits per heavy atom. The van der Waals surface area contributed by atoms with Crippen molar-refractivity contribution in [2.24, 2.45) is 0 Å². The van der Waals surface area contributed by atoms with Crippen LogP contribution in [0.3, 0.4) is 0 Å². The summed E-state index contributed by atoms with van der Waals surface area (Å²) in [7, 11) is 2.03. The number of hydrogen-bond acceptors (Lipinski definition) is 3. The lowest BCUT2D eigenvalue weighted by Gasteiger charge is -2.36. The minimum Gasteiger partial charge on any atom is -0.351 e. The molecule has 2 rings (SSSR count). The lowest BCUT2D eigenvalue weighted by Crippen LogP contribution is -2.50. The summed E-state index contributed by atoms with van der Waals surface area (Å²) in [6, 6.07) is 1.50. The number of halogens is 5. The van der Waals surface area contributed by atoms with Crippen LogP contribution in [0.5, 0.6) is 0 Å². The van der Waals surface area contributed by atoms with Gasteiger partial charge in [-0.15, -0.1) is 0 Å². The summed E-state index contributed by atoms with van der Waals surface area (Å²) < 4.78 is 69.9. The number of rotatable bonds is 2. The molecule has 0 aliphatic carbocycles. The van der Waals surface area contributed by atoms with Crippen molar-refractivity contribution in [1.82, 2.24) is 5.09 Å². The molecule has 1 aromatic carbocycles. The van der Waals surface area contributed by atoms with Gasteiger partial charge in [0.2, 0.25) is 6.10 Å². The molecule has 0 radical (unpaired) electrons. The van der Waals surface area contributed by atoms with Crippen molar-refractivity contribution in [3.05, 3.63) is 35.4 Å². The minimum absolute atomic E-state index is 0.364. The second-order valence-electron chi connectivity index (χ2n) is 4.59. The summed E-state index contributed by atoms with van der Waals surface area (Å²) in [5, 5.41) is 2.52. The predicted octanol–water partition coefficient (Wildman–Crippen LogP) is 2.67. The Hall–Kier alpha value is -1.11. The highest BCUT2D eigenvalue weighted by Gasteiger charge is 2.51. The van der Waals surface area contributed by atoms with Gasteiger partial charge in [-0.3, -0.25) is 9.88 Å². The van der Waals surface area contributed by atoms with E-state index in [1.165, 1.54) is 0 Å². The Balaban J connectivity index is 2.39. The normalized spacial score (nSPS) is 27.0. The number of carbonyl (C=O) groups excluding carboxylic acids is 1. The van der Waals surface area contributed by atoms with Gasteiger partial charge in [-0.25, -0.2) is 8.78 Å². The number of nitrogens with one attached hydrogen (secondary N) is 1. The van der Waals surface area contributed by atoms with Gasteiger partial charge in [-0.2, -0.15) is 13.2 Å². The monoisotopic (exact) mass is 327 g/mol. The number of Topliss-reactive ketones (excluding diaryl/α,β-unsaturated/α-hetero) is 1. The van der Waals surface area contributed by atoms with E-state index in [-0.39, 0.29) is 5.56 Å². The van der Waals surface area contributed by atoms with E-state index >= 15 is 0 Å². The molecule has 1 aromatic rings. The van der Waals surface area contributed by atoms with Crippen molar-refractivity contribution in [2.45, 2.75) is 30.8 Å². The molecule has 0 amide bonds. The van der Waals surface area contributed by atoms with Crippen LogP contribution in [-0.4, -0.2) is 24.1 Å². The Labute approximate surface area is 119 Å². The smallest absolute Gasteiger partial charge is 0.351 e. The van der Waals surface area contributed by atoms with Crippen molar-refractivity contribution in [1.29, 1.82) is 0 Å². The number of hydrogen-bond donors (Lipinski definition) is 1. The van der Waals surface area contributed by atoms with E-state index in [1.54, 1.807) is 0 Å². The van der Waals surface area contributed by atoms with Gasteiger partial charge in [-0.05, 0) is 18.2 Å². The van der Waals surface area contributed by atoms with E-state index in [0.29, 0.717) is 0 Å². The average Bonchev–Trinajstić information content (AvgIpc) is 2.40. The van der Waals surface area contributed by atoms with Crippen LogP contribution >= 0.6 is 9.39 Å². The molecule has 0 aromatic heterocycles. The van der Waals surface area contributed by atoms with Crippen LogP contribution in [0.4, 0.5) is 22.0 Å². The van der Waals surface area contributed by atoms with E-state index in [1.807, 2.05) is 9.39 Å². The lowest BCUT2D eigenvalue weighted by atomic mass is 9.92. The fraction of sp³-hybridized carbons (Fsp3) is 0.417. The van der Waals surface area contributed by atoms with E-state index in [4.69, 9.17) is 4.74 Å². The molecule has 1 N–H and O–H groups in total. The molecule has 0 spiro atoms. The predicted molar refractivity (Wildman–Crippen MR) is 66.3 cm³/mol. The minimum atomic E-state index is -4.90. The van der Waals surface area contributed by atoms with Crippen molar-refractivity contribution in [3.8, 4) is 0 Å². The van der Waals surface area contributed by atoms with Crippen LogP contribution in [0.25, 0.3) is 0 Å². The number of benzene rings is 1. The Bertz CT molecular complexity index is 551. The summed E-state index contributed by atoms with van der Waals surface area (Å²) in [5.41, 5.74) is -0.364. The summed E-state index contributed by atoms with van der Waals surface area (Å²) >= 11 is 0. The average molecular weight is 327 g/mol. The van der Waals surface area contributed by atoms with Crippen LogP contribution < -0.4 is 5.09 Å². The first-order chi connectivity index (χ1) is 9.74.